The van der Waals surface area contributed by atoms with Gasteiger partial charge in [0.25, 0.3) is 0 Å². The van der Waals surface area contributed by atoms with E-state index >= 15 is 0 Å². The summed E-state index contributed by atoms with van der Waals surface area (Å²) < 4.78 is 0. The summed E-state index contributed by atoms with van der Waals surface area (Å²) in [6.07, 6.45) is 3.59. The maximum atomic E-state index is 8.04. The molecular weight excluding hydrogens is 326 g/mol. The molecule has 4 rings (SSSR count). The number of nitrogens with zero attached hydrogens (tertiary/aromatic N) is 2. The average molecular weight is 345 g/mol. The number of hydrogen-bond acceptors (Lipinski definition) is 3. The largest absolute Gasteiger partial charge is 0.361 e. The van der Waals surface area contributed by atoms with Gasteiger partial charge in [-0.25, -0.2) is 5.43 Å². The van der Waals surface area contributed by atoms with Crippen LogP contribution in [0.25, 0.3) is 21.8 Å². The molecular formula is C19H19N7. The lowest BCUT2D eigenvalue weighted by molar-refractivity contribution is 0.670. The first-order valence-corrected chi connectivity index (χ1v) is 8.35. The van der Waals surface area contributed by atoms with E-state index in [2.05, 4.69) is 31.0 Å². The highest BCUT2D eigenvalue weighted by molar-refractivity contribution is 5.99. The number of hydrogen-bond donors (Lipinski definition) is 5. The number of hydrazone groups is 1. The topological polar surface area (TPSA) is 105 Å². The number of nitrogens with one attached hydrogen (secondary N) is 5. The van der Waals surface area contributed by atoms with E-state index in [1.54, 1.807) is 6.21 Å². The fourth-order valence-corrected chi connectivity index (χ4v) is 3.00. The molecule has 26 heavy (non-hydrogen) atoms. The minimum absolute atomic E-state index is 0.112. The third kappa shape index (κ3) is 3.02. The van der Waals surface area contributed by atoms with Gasteiger partial charge in [0.05, 0.1) is 23.5 Å². The Hall–Kier alpha value is -3.61. The smallest absolute Gasteiger partial charge is 0.209 e. The molecule has 5 N–H and O–H groups in total. The molecule has 7 heteroatoms. The second kappa shape index (κ2) is 6.72. The van der Waals surface area contributed by atoms with Crippen LogP contribution < -0.4 is 10.7 Å². The van der Waals surface area contributed by atoms with Crippen LogP contribution in [0.5, 0.6) is 0 Å². The summed E-state index contributed by atoms with van der Waals surface area (Å²) in [5, 5.41) is 24.7. The molecule has 0 amide bonds. The number of rotatable bonds is 4. The zero-order valence-corrected chi connectivity index (χ0v) is 14.2. The lowest BCUT2D eigenvalue weighted by Crippen LogP contribution is -2.35. The van der Waals surface area contributed by atoms with E-state index in [0.29, 0.717) is 0 Å². The van der Waals surface area contributed by atoms with E-state index in [0.717, 1.165) is 33.1 Å². The Morgan fingerprint density at radius 2 is 1.85 bits per heavy atom. The fraction of sp³-hybridized carbons (Fsp3) is 0.105. The van der Waals surface area contributed by atoms with Gasteiger partial charge in [-0.15, -0.1) is 0 Å². The molecule has 0 bridgehead atoms. The molecule has 2 heterocycles. The summed E-state index contributed by atoms with van der Waals surface area (Å²) in [6, 6.07) is 15.8. The van der Waals surface area contributed by atoms with Crippen molar-refractivity contribution >= 4 is 34.0 Å². The van der Waals surface area contributed by atoms with Crippen molar-refractivity contribution in [3.63, 3.8) is 0 Å². The van der Waals surface area contributed by atoms with Crippen LogP contribution in [0.3, 0.4) is 0 Å². The molecule has 0 spiro atoms. The second-order valence-corrected chi connectivity index (χ2v) is 6.06. The molecule has 0 aliphatic rings. The first-order valence-electron chi connectivity index (χ1n) is 8.35. The van der Waals surface area contributed by atoms with Crippen molar-refractivity contribution in [2.45, 2.75) is 13.0 Å². The van der Waals surface area contributed by atoms with Gasteiger partial charge in [-0.1, -0.05) is 36.4 Å². The zero-order valence-electron chi connectivity index (χ0n) is 14.2. The van der Waals surface area contributed by atoms with Crippen LogP contribution in [0.1, 0.15) is 24.2 Å². The Morgan fingerprint density at radius 3 is 2.69 bits per heavy atom. The van der Waals surface area contributed by atoms with Crippen molar-refractivity contribution in [1.29, 1.82) is 5.41 Å². The lowest BCUT2D eigenvalue weighted by atomic mass is 10.1. The minimum atomic E-state index is -0.130. The molecule has 2 aromatic carbocycles. The molecule has 4 aromatic rings. The highest BCUT2D eigenvalue weighted by Crippen LogP contribution is 2.20. The van der Waals surface area contributed by atoms with Crippen molar-refractivity contribution < 1.29 is 0 Å². The first-order chi connectivity index (χ1) is 12.7. The van der Waals surface area contributed by atoms with Crippen molar-refractivity contribution in [3.8, 4) is 0 Å². The van der Waals surface area contributed by atoms with Gasteiger partial charge in [0.2, 0.25) is 5.96 Å². The van der Waals surface area contributed by atoms with Gasteiger partial charge in [-0.05, 0) is 19.1 Å². The standard InChI is InChI=1S/C19H19N7/c1-12(18-15-7-3-5-9-17(15)24-25-18)23-19(20)26-22-11-13-10-21-16-8-4-2-6-14(13)16/h2-12,21H,1H3,(H,24,25)(H3,20,23,26). The van der Waals surface area contributed by atoms with Crippen molar-refractivity contribution in [3.05, 3.63) is 66.0 Å². The first kappa shape index (κ1) is 15.9. The van der Waals surface area contributed by atoms with Crippen LogP contribution in [-0.2, 0) is 0 Å². The van der Waals surface area contributed by atoms with Crippen molar-refractivity contribution in [1.82, 2.24) is 25.9 Å². The van der Waals surface area contributed by atoms with Crippen LogP contribution >= 0.6 is 0 Å². The van der Waals surface area contributed by atoms with E-state index in [4.69, 9.17) is 5.41 Å². The van der Waals surface area contributed by atoms with Crippen LogP contribution in [0.2, 0.25) is 0 Å². The van der Waals surface area contributed by atoms with E-state index < -0.39 is 0 Å². The lowest BCUT2D eigenvalue weighted by Gasteiger charge is -2.13. The quantitative estimate of drug-likeness (QED) is 0.223. The zero-order chi connectivity index (χ0) is 17.9. The van der Waals surface area contributed by atoms with Crippen molar-refractivity contribution in [2.75, 3.05) is 0 Å². The predicted octanol–water partition coefficient (Wildman–Crippen LogP) is 3.25. The van der Waals surface area contributed by atoms with Crippen molar-refractivity contribution in [2.24, 2.45) is 5.10 Å². The van der Waals surface area contributed by atoms with Gasteiger partial charge in [0, 0.05) is 28.0 Å². The van der Waals surface area contributed by atoms with Gasteiger partial charge < -0.3 is 10.3 Å². The summed E-state index contributed by atoms with van der Waals surface area (Å²) in [6.45, 7) is 1.96. The fourth-order valence-electron chi connectivity index (χ4n) is 3.00. The van der Waals surface area contributed by atoms with Crippen LogP contribution in [0.4, 0.5) is 0 Å². The van der Waals surface area contributed by atoms with Gasteiger partial charge >= 0.3 is 0 Å². The molecule has 0 saturated heterocycles. The predicted molar refractivity (Wildman–Crippen MR) is 104 cm³/mol. The third-order valence-corrected chi connectivity index (χ3v) is 4.27. The third-order valence-electron chi connectivity index (χ3n) is 4.27. The summed E-state index contributed by atoms with van der Waals surface area (Å²) in [4.78, 5) is 3.19. The van der Waals surface area contributed by atoms with E-state index in [9.17, 15) is 0 Å². The maximum absolute atomic E-state index is 8.04. The Labute approximate surface area is 150 Å². The number of aromatic nitrogens is 3. The molecule has 7 nitrogen and oxygen atoms in total. The molecule has 130 valence electrons. The Bertz CT molecular complexity index is 1090. The Morgan fingerprint density at radius 1 is 1.12 bits per heavy atom. The van der Waals surface area contributed by atoms with Crippen LogP contribution in [-0.4, -0.2) is 27.4 Å². The van der Waals surface area contributed by atoms with E-state index in [1.165, 1.54) is 0 Å². The molecule has 0 aliphatic carbocycles. The number of aromatic amines is 2. The summed E-state index contributed by atoms with van der Waals surface area (Å²) in [7, 11) is 0. The number of para-hydroxylation sites is 2. The Balaban J connectivity index is 1.41. The van der Waals surface area contributed by atoms with Gasteiger partial charge in [-0.3, -0.25) is 10.5 Å². The summed E-state index contributed by atoms with van der Waals surface area (Å²) in [5.41, 5.74) is 6.59. The number of benzene rings is 2. The highest BCUT2D eigenvalue weighted by Gasteiger charge is 2.13. The number of guanidine groups is 1. The average Bonchev–Trinajstić information content (AvgIpc) is 3.26. The molecule has 2 aromatic heterocycles. The van der Waals surface area contributed by atoms with Crippen LogP contribution in [0.15, 0.2) is 59.8 Å². The number of fused-ring (bicyclic) bond motifs is 2. The highest BCUT2D eigenvalue weighted by atomic mass is 15.4. The van der Waals surface area contributed by atoms with Gasteiger partial charge in [0.1, 0.15) is 0 Å². The maximum Gasteiger partial charge on any atom is 0.209 e. The molecule has 0 aliphatic heterocycles. The summed E-state index contributed by atoms with van der Waals surface area (Å²) >= 11 is 0. The molecule has 0 saturated carbocycles. The second-order valence-electron chi connectivity index (χ2n) is 6.06. The van der Waals surface area contributed by atoms with E-state index in [-0.39, 0.29) is 12.0 Å². The van der Waals surface area contributed by atoms with Gasteiger partial charge in [0.15, 0.2) is 0 Å². The minimum Gasteiger partial charge on any atom is -0.361 e. The summed E-state index contributed by atoms with van der Waals surface area (Å²) in [5.74, 6) is 0.112. The van der Waals surface area contributed by atoms with E-state index in [1.807, 2.05) is 61.7 Å². The SMILES string of the molecule is CC(NC(=N)NN=Cc1c[nH]c2ccccc12)c1n[nH]c2ccccc12. The molecule has 1 atom stereocenters. The normalized spacial score (nSPS) is 12.7. The van der Waals surface area contributed by atoms with Gasteiger partial charge in [-0.2, -0.15) is 10.2 Å². The molecule has 0 radical (unpaired) electrons. The van der Waals surface area contributed by atoms with Crippen LogP contribution in [0, 0.1) is 5.41 Å². The monoisotopic (exact) mass is 345 g/mol. The number of H-pyrrole nitrogens is 2. The Kier molecular flexibility index (Phi) is 4.10. The molecule has 1 unspecified atom stereocenters. The molecule has 0 fully saturated rings.